The standard InChI is InChI=1S/C18H18ClNO6/c1-23-14-6-5-10(19)7-12(14)17(21)20-13-9-16(25-3)15(24-2)8-11(13)18(22)26-4/h5-9H,1-4H3,(H,20,21). The van der Waals surface area contributed by atoms with Crippen molar-refractivity contribution in [3.05, 3.63) is 46.5 Å². The van der Waals surface area contributed by atoms with Gasteiger partial charge in [0.15, 0.2) is 11.5 Å². The molecule has 0 aliphatic rings. The van der Waals surface area contributed by atoms with Crippen molar-refractivity contribution in [3.63, 3.8) is 0 Å². The average molecular weight is 380 g/mol. The van der Waals surface area contributed by atoms with Gasteiger partial charge in [0.2, 0.25) is 0 Å². The van der Waals surface area contributed by atoms with Crippen LogP contribution in [0, 0.1) is 0 Å². The van der Waals surface area contributed by atoms with Crippen LogP contribution in [0.1, 0.15) is 20.7 Å². The van der Waals surface area contributed by atoms with E-state index in [1.54, 1.807) is 12.1 Å². The number of nitrogens with one attached hydrogen (secondary N) is 1. The van der Waals surface area contributed by atoms with Crippen LogP contribution in [0.15, 0.2) is 30.3 Å². The van der Waals surface area contributed by atoms with E-state index in [1.807, 2.05) is 0 Å². The summed E-state index contributed by atoms with van der Waals surface area (Å²) in [5.41, 5.74) is 0.520. The van der Waals surface area contributed by atoms with Gasteiger partial charge in [0.1, 0.15) is 5.75 Å². The van der Waals surface area contributed by atoms with Crippen LogP contribution in [0.2, 0.25) is 5.02 Å². The third-order valence-corrected chi connectivity index (χ3v) is 3.82. The first kappa shape index (κ1) is 19.4. The first-order chi connectivity index (χ1) is 12.4. The number of hydrogen-bond acceptors (Lipinski definition) is 6. The summed E-state index contributed by atoms with van der Waals surface area (Å²) in [7, 11) is 5.57. The molecule has 0 saturated heterocycles. The van der Waals surface area contributed by atoms with E-state index in [-0.39, 0.29) is 16.8 Å². The monoisotopic (exact) mass is 379 g/mol. The molecular formula is C18H18ClNO6. The van der Waals surface area contributed by atoms with E-state index in [4.69, 9.17) is 30.5 Å². The molecule has 26 heavy (non-hydrogen) atoms. The Hall–Kier alpha value is -2.93. The van der Waals surface area contributed by atoms with Crippen molar-refractivity contribution in [3.8, 4) is 17.2 Å². The van der Waals surface area contributed by atoms with Gasteiger partial charge in [-0.3, -0.25) is 4.79 Å². The highest BCUT2D eigenvalue weighted by atomic mass is 35.5. The summed E-state index contributed by atoms with van der Waals surface area (Å²) in [4.78, 5) is 24.8. The van der Waals surface area contributed by atoms with E-state index in [9.17, 15) is 9.59 Å². The first-order valence-corrected chi connectivity index (χ1v) is 7.82. The van der Waals surface area contributed by atoms with Crippen LogP contribution in [0.3, 0.4) is 0 Å². The van der Waals surface area contributed by atoms with Gasteiger partial charge in [-0.25, -0.2) is 4.79 Å². The fraction of sp³-hybridized carbons (Fsp3) is 0.222. The second-order valence-corrected chi connectivity index (χ2v) is 5.48. The molecule has 8 heteroatoms. The van der Waals surface area contributed by atoms with Gasteiger partial charge >= 0.3 is 5.97 Å². The van der Waals surface area contributed by atoms with Crippen LogP contribution in [-0.2, 0) is 4.74 Å². The maximum Gasteiger partial charge on any atom is 0.340 e. The van der Waals surface area contributed by atoms with Gasteiger partial charge in [-0.2, -0.15) is 0 Å². The molecule has 0 aliphatic heterocycles. The minimum absolute atomic E-state index is 0.111. The van der Waals surface area contributed by atoms with Gasteiger partial charge in [-0.15, -0.1) is 0 Å². The van der Waals surface area contributed by atoms with E-state index in [0.29, 0.717) is 22.3 Å². The Bertz CT molecular complexity index is 837. The number of rotatable bonds is 6. The Balaban J connectivity index is 2.49. The minimum atomic E-state index is -0.640. The van der Waals surface area contributed by atoms with E-state index in [1.165, 1.54) is 46.6 Å². The van der Waals surface area contributed by atoms with Gasteiger partial charge in [-0.1, -0.05) is 11.6 Å². The summed E-state index contributed by atoms with van der Waals surface area (Å²) >= 11 is 5.97. The molecule has 2 aromatic carbocycles. The van der Waals surface area contributed by atoms with Gasteiger partial charge in [0, 0.05) is 17.2 Å². The molecule has 1 N–H and O–H groups in total. The summed E-state index contributed by atoms with van der Waals surface area (Å²) in [6, 6.07) is 7.55. The van der Waals surface area contributed by atoms with Gasteiger partial charge in [-0.05, 0) is 18.2 Å². The highest BCUT2D eigenvalue weighted by molar-refractivity contribution is 6.31. The number of halogens is 1. The molecule has 0 aromatic heterocycles. The third kappa shape index (κ3) is 4.00. The summed E-state index contributed by atoms with van der Waals surface area (Å²) in [5.74, 6) is -0.146. The lowest BCUT2D eigenvalue weighted by Crippen LogP contribution is -2.16. The molecule has 0 spiro atoms. The Morgan fingerprint density at radius 1 is 0.846 bits per heavy atom. The fourth-order valence-electron chi connectivity index (χ4n) is 2.31. The van der Waals surface area contributed by atoms with Gasteiger partial charge in [0.05, 0.1) is 45.3 Å². The Morgan fingerprint density at radius 2 is 1.46 bits per heavy atom. The van der Waals surface area contributed by atoms with E-state index in [2.05, 4.69) is 5.32 Å². The van der Waals surface area contributed by atoms with Crippen LogP contribution < -0.4 is 19.5 Å². The van der Waals surface area contributed by atoms with Crippen LogP contribution in [0.25, 0.3) is 0 Å². The molecular weight excluding hydrogens is 362 g/mol. The van der Waals surface area contributed by atoms with E-state index < -0.39 is 11.9 Å². The van der Waals surface area contributed by atoms with Crippen LogP contribution in [0.4, 0.5) is 5.69 Å². The minimum Gasteiger partial charge on any atom is -0.496 e. The van der Waals surface area contributed by atoms with Crippen LogP contribution in [-0.4, -0.2) is 40.3 Å². The molecule has 0 unspecified atom stereocenters. The number of anilines is 1. The van der Waals surface area contributed by atoms with Gasteiger partial charge in [0.25, 0.3) is 5.91 Å². The lowest BCUT2D eigenvalue weighted by molar-refractivity contribution is 0.0601. The molecule has 0 aliphatic carbocycles. The van der Waals surface area contributed by atoms with Crippen molar-refractivity contribution in [1.82, 2.24) is 0 Å². The quantitative estimate of drug-likeness (QED) is 0.774. The molecule has 0 heterocycles. The number of hydrogen-bond donors (Lipinski definition) is 1. The Morgan fingerprint density at radius 3 is 2.04 bits per heavy atom. The molecule has 138 valence electrons. The molecule has 7 nitrogen and oxygen atoms in total. The fourth-order valence-corrected chi connectivity index (χ4v) is 2.48. The zero-order valence-corrected chi connectivity index (χ0v) is 15.5. The van der Waals surface area contributed by atoms with Gasteiger partial charge < -0.3 is 24.3 Å². The summed E-state index contributed by atoms with van der Waals surface area (Å²) in [6.07, 6.45) is 0. The molecule has 0 atom stereocenters. The molecule has 0 saturated carbocycles. The summed E-state index contributed by atoms with van der Waals surface area (Å²) in [5, 5.41) is 3.03. The maximum atomic E-state index is 12.7. The van der Waals surface area contributed by atoms with Crippen molar-refractivity contribution in [2.75, 3.05) is 33.8 Å². The number of benzene rings is 2. The SMILES string of the molecule is COC(=O)c1cc(OC)c(OC)cc1NC(=O)c1cc(Cl)ccc1OC. The van der Waals surface area contributed by atoms with E-state index >= 15 is 0 Å². The summed E-state index contributed by atoms with van der Waals surface area (Å²) in [6.45, 7) is 0. The van der Waals surface area contributed by atoms with Crippen molar-refractivity contribution in [1.29, 1.82) is 0 Å². The van der Waals surface area contributed by atoms with E-state index in [0.717, 1.165) is 0 Å². The highest BCUT2D eigenvalue weighted by Gasteiger charge is 2.21. The lowest BCUT2D eigenvalue weighted by Gasteiger charge is -2.15. The van der Waals surface area contributed by atoms with Crippen molar-refractivity contribution >= 4 is 29.2 Å². The molecule has 2 rings (SSSR count). The van der Waals surface area contributed by atoms with Crippen molar-refractivity contribution in [2.24, 2.45) is 0 Å². The molecule has 0 radical (unpaired) electrons. The molecule has 0 fully saturated rings. The van der Waals surface area contributed by atoms with Crippen molar-refractivity contribution in [2.45, 2.75) is 0 Å². The zero-order chi connectivity index (χ0) is 19.3. The lowest BCUT2D eigenvalue weighted by atomic mass is 10.1. The second-order valence-electron chi connectivity index (χ2n) is 5.04. The normalized spacial score (nSPS) is 10.0. The maximum absolute atomic E-state index is 12.7. The Kier molecular flexibility index (Phi) is 6.30. The number of carbonyl (C=O) groups excluding carboxylic acids is 2. The predicted octanol–water partition coefficient (Wildman–Crippen LogP) is 3.40. The third-order valence-electron chi connectivity index (χ3n) is 3.58. The second kappa shape index (κ2) is 8.44. The number of carbonyl (C=O) groups is 2. The first-order valence-electron chi connectivity index (χ1n) is 7.44. The average Bonchev–Trinajstić information content (AvgIpc) is 2.66. The van der Waals surface area contributed by atoms with Crippen LogP contribution >= 0.6 is 11.6 Å². The molecule has 2 aromatic rings. The number of esters is 1. The predicted molar refractivity (Wildman–Crippen MR) is 96.8 cm³/mol. The number of ether oxygens (including phenoxy) is 4. The van der Waals surface area contributed by atoms with Crippen molar-refractivity contribution < 1.29 is 28.5 Å². The van der Waals surface area contributed by atoms with Crippen LogP contribution in [0.5, 0.6) is 17.2 Å². The highest BCUT2D eigenvalue weighted by Crippen LogP contribution is 2.34. The smallest absolute Gasteiger partial charge is 0.340 e. The molecule has 0 bridgehead atoms. The molecule has 1 amide bonds. The Labute approximate surface area is 155 Å². The number of amides is 1. The number of methoxy groups -OCH3 is 4. The zero-order valence-electron chi connectivity index (χ0n) is 14.7. The summed E-state index contributed by atoms with van der Waals surface area (Å²) < 4.78 is 20.4. The largest absolute Gasteiger partial charge is 0.496 e. The topological polar surface area (TPSA) is 83.1 Å².